The molecule has 0 bridgehead atoms. The minimum atomic E-state index is -0.574. The number of carbonyl (C=O) groups excluding carboxylic acids is 2. The van der Waals surface area contributed by atoms with Gasteiger partial charge in [-0.3, -0.25) is 9.59 Å². The predicted molar refractivity (Wildman–Crippen MR) is 105 cm³/mol. The Balaban J connectivity index is 2.01. The minimum absolute atomic E-state index is 0.141. The van der Waals surface area contributed by atoms with Gasteiger partial charge in [-0.15, -0.1) is 0 Å². The maximum atomic E-state index is 12.3. The highest BCUT2D eigenvalue weighted by Crippen LogP contribution is 2.28. The molecule has 7 heteroatoms. The molecular weight excluding hydrogens is 368 g/mol. The molecule has 2 N–H and O–H groups in total. The summed E-state index contributed by atoms with van der Waals surface area (Å²) >= 11 is 5.87. The Bertz CT molecular complexity index is 834. The number of carbonyl (C=O) groups is 2. The van der Waals surface area contributed by atoms with E-state index in [4.69, 9.17) is 26.8 Å². The summed E-state index contributed by atoms with van der Waals surface area (Å²) < 4.78 is 10.5. The maximum Gasteiger partial charge on any atom is 0.255 e. The molecule has 0 spiro atoms. The number of amides is 2. The summed E-state index contributed by atoms with van der Waals surface area (Å²) in [6, 6.07) is 12.5. The lowest BCUT2D eigenvalue weighted by molar-refractivity contribution is -0.125. The summed E-state index contributed by atoms with van der Waals surface area (Å²) in [6.45, 7) is 0.239. The fourth-order valence-electron chi connectivity index (χ4n) is 2.29. The molecule has 0 saturated heterocycles. The van der Waals surface area contributed by atoms with E-state index >= 15 is 0 Å². The van der Waals surface area contributed by atoms with Gasteiger partial charge in [0.2, 0.25) is 5.91 Å². The second-order valence-electron chi connectivity index (χ2n) is 5.82. The van der Waals surface area contributed by atoms with Gasteiger partial charge in [-0.05, 0) is 41.5 Å². The van der Waals surface area contributed by atoms with Gasteiger partial charge < -0.3 is 20.1 Å². The number of nitrogens with two attached hydrogens (primary N) is 1. The van der Waals surface area contributed by atoms with Gasteiger partial charge in [0.05, 0.1) is 7.11 Å². The van der Waals surface area contributed by atoms with Gasteiger partial charge in [-0.1, -0.05) is 29.8 Å². The molecule has 2 amide bonds. The van der Waals surface area contributed by atoms with Crippen molar-refractivity contribution >= 4 is 29.5 Å². The third kappa shape index (κ3) is 6.34. The van der Waals surface area contributed by atoms with Gasteiger partial charge in [0.1, 0.15) is 0 Å². The second kappa shape index (κ2) is 9.64. The molecule has 0 unspecified atom stereocenters. The van der Waals surface area contributed by atoms with Crippen LogP contribution in [-0.4, -0.2) is 37.5 Å². The first-order chi connectivity index (χ1) is 12.9. The van der Waals surface area contributed by atoms with Crippen molar-refractivity contribution in [1.82, 2.24) is 4.90 Å². The summed E-state index contributed by atoms with van der Waals surface area (Å²) in [5.74, 6) is 0.133. The van der Waals surface area contributed by atoms with E-state index in [9.17, 15) is 9.59 Å². The lowest BCUT2D eigenvalue weighted by atomic mass is 10.1. The third-order valence-corrected chi connectivity index (χ3v) is 3.94. The van der Waals surface area contributed by atoms with E-state index in [0.717, 1.165) is 11.1 Å². The van der Waals surface area contributed by atoms with Crippen molar-refractivity contribution in [2.75, 3.05) is 20.8 Å². The van der Waals surface area contributed by atoms with Crippen LogP contribution in [-0.2, 0) is 16.1 Å². The highest BCUT2D eigenvalue weighted by molar-refractivity contribution is 6.30. The highest BCUT2D eigenvalue weighted by atomic mass is 35.5. The molecule has 0 aliphatic rings. The summed E-state index contributed by atoms with van der Waals surface area (Å²) in [5.41, 5.74) is 6.81. The molecule has 2 rings (SSSR count). The molecule has 2 aromatic rings. The number of halogens is 1. The second-order valence-corrected chi connectivity index (χ2v) is 6.26. The number of nitrogens with zero attached hydrogens (tertiary/aromatic N) is 1. The Morgan fingerprint density at radius 1 is 1.15 bits per heavy atom. The molecule has 0 aliphatic heterocycles. The molecule has 0 atom stereocenters. The number of ether oxygens (including phenoxy) is 2. The molecule has 0 aliphatic carbocycles. The number of benzene rings is 2. The van der Waals surface area contributed by atoms with Crippen LogP contribution >= 0.6 is 11.6 Å². The van der Waals surface area contributed by atoms with Gasteiger partial charge >= 0.3 is 0 Å². The van der Waals surface area contributed by atoms with Crippen molar-refractivity contribution in [1.29, 1.82) is 0 Å². The first-order valence-corrected chi connectivity index (χ1v) is 8.53. The van der Waals surface area contributed by atoms with Crippen molar-refractivity contribution in [3.05, 3.63) is 64.7 Å². The maximum absolute atomic E-state index is 12.3. The van der Waals surface area contributed by atoms with E-state index in [1.165, 1.54) is 13.2 Å². The van der Waals surface area contributed by atoms with Gasteiger partial charge in [0.15, 0.2) is 18.1 Å². The van der Waals surface area contributed by atoms with E-state index in [2.05, 4.69) is 0 Å². The average molecular weight is 389 g/mol. The summed E-state index contributed by atoms with van der Waals surface area (Å²) in [6.07, 6.45) is 3.16. The number of primary amides is 1. The number of methoxy groups -OCH3 is 1. The monoisotopic (exact) mass is 388 g/mol. The van der Waals surface area contributed by atoms with Crippen LogP contribution in [0, 0.1) is 0 Å². The van der Waals surface area contributed by atoms with Crippen LogP contribution < -0.4 is 15.2 Å². The molecule has 27 heavy (non-hydrogen) atoms. The number of hydrogen-bond acceptors (Lipinski definition) is 4. The fraction of sp³-hybridized carbons (Fsp3) is 0.200. The van der Waals surface area contributed by atoms with E-state index in [1.807, 2.05) is 12.1 Å². The van der Waals surface area contributed by atoms with Crippen LogP contribution in [0.4, 0.5) is 0 Å². The summed E-state index contributed by atoms with van der Waals surface area (Å²) in [5, 5.41) is 0.657. The van der Waals surface area contributed by atoms with Crippen molar-refractivity contribution in [3.63, 3.8) is 0 Å². The normalized spacial score (nSPS) is 10.6. The van der Waals surface area contributed by atoms with Crippen LogP contribution in [0.3, 0.4) is 0 Å². The van der Waals surface area contributed by atoms with Gasteiger partial charge in [0, 0.05) is 24.7 Å². The Hall–Kier alpha value is -2.99. The lowest BCUT2D eigenvalue weighted by Crippen LogP contribution is -2.24. The molecule has 0 radical (unpaired) electrons. The Labute approximate surface area is 163 Å². The van der Waals surface area contributed by atoms with Crippen LogP contribution in [0.2, 0.25) is 5.02 Å². The number of rotatable bonds is 8. The number of likely N-dealkylation sites (N-methyl/N-ethyl adjacent to an activating group) is 1. The first kappa shape index (κ1) is 20.3. The molecule has 2 aromatic carbocycles. The largest absolute Gasteiger partial charge is 0.493 e. The number of hydrogen-bond donors (Lipinski definition) is 1. The molecule has 6 nitrogen and oxygen atoms in total. The SMILES string of the molecule is COc1cc(/C=C/C(=O)N(C)Cc2ccc(Cl)cc2)ccc1OCC(N)=O. The zero-order chi connectivity index (χ0) is 19.8. The van der Waals surface area contributed by atoms with E-state index in [-0.39, 0.29) is 12.5 Å². The first-order valence-electron chi connectivity index (χ1n) is 8.16. The zero-order valence-electron chi connectivity index (χ0n) is 15.1. The predicted octanol–water partition coefficient (Wildman–Crippen LogP) is 2.88. The molecule has 0 fully saturated rings. The fourth-order valence-corrected chi connectivity index (χ4v) is 2.42. The van der Waals surface area contributed by atoms with Crippen molar-refractivity contribution in [3.8, 4) is 11.5 Å². The molecule has 0 aromatic heterocycles. The lowest BCUT2D eigenvalue weighted by Gasteiger charge is -2.15. The van der Waals surface area contributed by atoms with E-state index in [1.54, 1.807) is 48.4 Å². The summed E-state index contributed by atoms with van der Waals surface area (Å²) in [4.78, 5) is 24.7. The zero-order valence-corrected chi connectivity index (χ0v) is 15.9. The smallest absolute Gasteiger partial charge is 0.255 e. The average Bonchev–Trinajstić information content (AvgIpc) is 2.66. The van der Waals surface area contributed by atoms with Gasteiger partial charge in [-0.2, -0.15) is 0 Å². The van der Waals surface area contributed by atoms with Crippen LogP contribution in [0.1, 0.15) is 11.1 Å². The van der Waals surface area contributed by atoms with Gasteiger partial charge in [-0.25, -0.2) is 0 Å². The van der Waals surface area contributed by atoms with Crippen LogP contribution in [0.5, 0.6) is 11.5 Å². The molecule has 0 saturated carbocycles. The minimum Gasteiger partial charge on any atom is -0.493 e. The molecular formula is C20H21ClN2O4. The summed E-state index contributed by atoms with van der Waals surface area (Å²) in [7, 11) is 3.22. The van der Waals surface area contributed by atoms with Crippen molar-refractivity contribution in [2.24, 2.45) is 5.73 Å². The van der Waals surface area contributed by atoms with E-state index < -0.39 is 5.91 Å². The quantitative estimate of drug-likeness (QED) is 0.705. The standard InChI is InChI=1S/C20H21ClN2O4/c1-23(12-15-3-7-16(21)8-4-15)20(25)10-6-14-5-9-17(18(11-14)26-2)27-13-19(22)24/h3-11H,12-13H2,1-2H3,(H2,22,24)/b10-6+. The Kier molecular flexibility index (Phi) is 7.25. The van der Waals surface area contributed by atoms with Crippen LogP contribution in [0.15, 0.2) is 48.5 Å². The van der Waals surface area contributed by atoms with Crippen LogP contribution in [0.25, 0.3) is 6.08 Å². The molecule has 142 valence electrons. The third-order valence-electron chi connectivity index (χ3n) is 3.69. The topological polar surface area (TPSA) is 81.9 Å². The van der Waals surface area contributed by atoms with E-state index in [0.29, 0.717) is 23.1 Å². The highest BCUT2D eigenvalue weighted by Gasteiger charge is 2.08. The van der Waals surface area contributed by atoms with Gasteiger partial charge in [0.25, 0.3) is 5.91 Å². The Morgan fingerprint density at radius 2 is 1.85 bits per heavy atom. The Morgan fingerprint density at radius 3 is 2.48 bits per heavy atom. The molecule has 0 heterocycles. The van der Waals surface area contributed by atoms with Crippen molar-refractivity contribution < 1.29 is 19.1 Å². The van der Waals surface area contributed by atoms with Crippen molar-refractivity contribution in [2.45, 2.75) is 6.54 Å².